The van der Waals surface area contributed by atoms with Crippen LogP contribution in [0.1, 0.15) is 115 Å². The van der Waals surface area contributed by atoms with E-state index in [2.05, 4.69) is 0 Å². The van der Waals surface area contributed by atoms with Crippen molar-refractivity contribution in [3.63, 3.8) is 0 Å². The Labute approximate surface area is 246 Å². The molecule has 0 saturated carbocycles. The van der Waals surface area contributed by atoms with Crippen LogP contribution in [0.2, 0.25) is 0 Å². The van der Waals surface area contributed by atoms with Gasteiger partial charge in [-0.2, -0.15) is 10.1 Å². The van der Waals surface area contributed by atoms with Crippen molar-refractivity contribution < 1.29 is 39.0 Å². The van der Waals surface area contributed by atoms with Crippen molar-refractivity contribution in [2.75, 3.05) is 13.2 Å². The van der Waals surface area contributed by atoms with Crippen LogP contribution >= 0.6 is 0 Å². The van der Waals surface area contributed by atoms with Gasteiger partial charge in [0, 0.05) is 36.8 Å². The van der Waals surface area contributed by atoms with Crippen molar-refractivity contribution in [1.82, 2.24) is 10.1 Å². The van der Waals surface area contributed by atoms with Gasteiger partial charge in [-0.3, -0.25) is 19.3 Å². The fourth-order valence-electron chi connectivity index (χ4n) is 5.59. The number of hydrogen-bond donors (Lipinski definition) is 2. The standard InChI is InChI=1S/C31H54N2O8/c1-26(2)16-22(17-27(3,4)32(26)38-20-30(9,10)36)40-24(34)14-13-15-25(35)41-23-18-28(5,6)33(29(7,8)19-23)39-21-31(11,12)37/h16,18,36-37H,13-15,17,19-21H2,1-12H3. The smallest absolute Gasteiger partial charge is 0.310 e. The van der Waals surface area contributed by atoms with E-state index >= 15 is 0 Å². The van der Waals surface area contributed by atoms with Crippen LogP contribution in [0.25, 0.3) is 0 Å². The molecule has 10 nitrogen and oxygen atoms in total. The molecule has 0 saturated heterocycles. The van der Waals surface area contributed by atoms with E-state index < -0.39 is 45.3 Å². The number of aliphatic hydroxyl groups is 2. The Bertz CT molecular complexity index is 932. The molecule has 0 aliphatic carbocycles. The molecule has 0 atom stereocenters. The van der Waals surface area contributed by atoms with Crippen molar-refractivity contribution >= 4 is 11.9 Å². The van der Waals surface area contributed by atoms with Crippen molar-refractivity contribution in [3.8, 4) is 0 Å². The van der Waals surface area contributed by atoms with Crippen molar-refractivity contribution in [2.45, 2.75) is 149 Å². The lowest BCUT2D eigenvalue weighted by Crippen LogP contribution is -2.58. The van der Waals surface area contributed by atoms with Gasteiger partial charge in [0.25, 0.3) is 0 Å². The fraction of sp³-hybridized carbons (Fsp3) is 0.806. The zero-order chi connectivity index (χ0) is 31.7. The minimum absolute atomic E-state index is 0.0841. The van der Waals surface area contributed by atoms with Gasteiger partial charge >= 0.3 is 11.9 Å². The summed E-state index contributed by atoms with van der Waals surface area (Å²) in [5.41, 5.74) is -4.06. The van der Waals surface area contributed by atoms with E-state index in [0.29, 0.717) is 30.8 Å². The van der Waals surface area contributed by atoms with Gasteiger partial charge < -0.3 is 19.7 Å². The SMILES string of the molecule is CC(C)(O)CON1C(C)(C)C=C(OC(=O)CCCC(=O)OC2=CC(C)(C)N(OCC(C)(C)O)C(C)(C)C2)CC1(C)C. The molecule has 41 heavy (non-hydrogen) atoms. The maximum atomic E-state index is 12.6. The van der Waals surface area contributed by atoms with Crippen LogP contribution in [0.15, 0.2) is 23.7 Å². The number of esters is 2. The maximum absolute atomic E-state index is 12.6. The van der Waals surface area contributed by atoms with Gasteiger partial charge in [-0.1, -0.05) is 0 Å². The number of carbonyl (C=O) groups is 2. The molecule has 2 rings (SSSR count). The molecule has 0 radical (unpaired) electrons. The molecule has 0 spiro atoms. The summed E-state index contributed by atoms with van der Waals surface area (Å²) in [5, 5.41) is 23.9. The van der Waals surface area contributed by atoms with Gasteiger partial charge in [0.05, 0.1) is 35.5 Å². The van der Waals surface area contributed by atoms with E-state index in [1.807, 2.05) is 77.7 Å². The van der Waals surface area contributed by atoms with E-state index in [1.54, 1.807) is 27.7 Å². The van der Waals surface area contributed by atoms with E-state index in [1.165, 1.54) is 0 Å². The summed E-state index contributed by atoms with van der Waals surface area (Å²) >= 11 is 0. The third-order valence-electron chi connectivity index (χ3n) is 6.73. The molecule has 0 aromatic rings. The topological polar surface area (TPSA) is 118 Å². The van der Waals surface area contributed by atoms with Gasteiger partial charge in [0.1, 0.15) is 11.5 Å². The quantitative estimate of drug-likeness (QED) is 0.306. The van der Waals surface area contributed by atoms with E-state index in [0.717, 1.165) is 0 Å². The van der Waals surface area contributed by atoms with Crippen LogP contribution in [-0.2, 0) is 28.7 Å². The molecule has 236 valence electrons. The molecule has 0 aromatic heterocycles. The third-order valence-corrected chi connectivity index (χ3v) is 6.73. The first-order valence-electron chi connectivity index (χ1n) is 14.5. The zero-order valence-electron chi connectivity index (χ0n) is 27.3. The molecule has 2 N–H and O–H groups in total. The molecule has 10 heteroatoms. The second-order valence-corrected chi connectivity index (χ2v) is 15.1. The maximum Gasteiger partial charge on any atom is 0.310 e. The van der Waals surface area contributed by atoms with Crippen LogP contribution in [0.3, 0.4) is 0 Å². The highest BCUT2D eigenvalue weighted by Gasteiger charge is 2.45. The van der Waals surface area contributed by atoms with Crippen LogP contribution in [0.4, 0.5) is 0 Å². The van der Waals surface area contributed by atoms with E-state index in [4.69, 9.17) is 19.1 Å². The summed E-state index contributed by atoms with van der Waals surface area (Å²) < 4.78 is 11.4. The van der Waals surface area contributed by atoms with Gasteiger partial charge in [-0.15, -0.1) is 0 Å². The van der Waals surface area contributed by atoms with Gasteiger partial charge in [-0.25, -0.2) is 0 Å². The molecule has 0 amide bonds. The Hall–Kier alpha value is -1.82. The number of nitrogens with zero attached hydrogens (tertiary/aromatic N) is 2. The average Bonchev–Trinajstić information content (AvgIpc) is 2.68. The summed E-state index contributed by atoms with van der Waals surface area (Å²) in [6.07, 6.45) is 5.10. The third kappa shape index (κ3) is 10.8. The largest absolute Gasteiger partial charge is 0.431 e. The Morgan fingerprint density at radius 3 is 1.29 bits per heavy atom. The summed E-state index contributed by atoms with van der Waals surface area (Å²) in [6, 6.07) is 0. The Morgan fingerprint density at radius 2 is 1.02 bits per heavy atom. The lowest BCUT2D eigenvalue weighted by Gasteiger charge is -2.49. The summed E-state index contributed by atoms with van der Waals surface area (Å²) in [4.78, 5) is 37.2. The number of carbonyl (C=O) groups excluding carboxylic acids is 2. The minimum Gasteiger partial charge on any atom is -0.431 e. The van der Waals surface area contributed by atoms with E-state index in [9.17, 15) is 19.8 Å². The number of hydrogen-bond acceptors (Lipinski definition) is 10. The zero-order valence-corrected chi connectivity index (χ0v) is 27.3. The first-order valence-corrected chi connectivity index (χ1v) is 14.5. The second-order valence-electron chi connectivity index (χ2n) is 15.1. The Balaban J connectivity index is 1.91. The van der Waals surface area contributed by atoms with Crippen molar-refractivity contribution in [3.05, 3.63) is 23.7 Å². The number of rotatable bonds is 12. The fourth-order valence-corrected chi connectivity index (χ4v) is 5.59. The van der Waals surface area contributed by atoms with Gasteiger partial charge in [0.2, 0.25) is 0 Å². The molecular weight excluding hydrogens is 528 g/mol. The molecule has 2 heterocycles. The normalized spacial score (nSPS) is 22.5. The highest BCUT2D eigenvalue weighted by molar-refractivity contribution is 5.73. The second kappa shape index (κ2) is 12.4. The molecule has 0 bridgehead atoms. The first kappa shape index (κ1) is 35.4. The van der Waals surface area contributed by atoms with Crippen LogP contribution in [-0.4, -0.2) is 78.8 Å². The lowest BCUT2D eigenvalue weighted by molar-refractivity contribution is -0.278. The monoisotopic (exact) mass is 582 g/mol. The average molecular weight is 583 g/mol. The molecule has 0 aromatic carbocycles. The minimum atomic E-state index is -0.976. The molecule has 0 unspecified atom stereocenters. The summed E-state index contributed by atoms with van der Waals surface area (Å²) in [6.45, 7) is 22.9. The van der Waals surface area contributed by atoms with E-state index in [-0.39, 0.29) is 26.1 Å². The summed E-state index contributed by atoms with van der Waals surface area (Å²) in [7, 11) is 0. The Kier molecular flexibility index (Phi) is 10.7. The molecular formula is C31H54N2O8. The lowest BCUT2D eigenvalue weighted by atomic mass is 9.86. The Morgan fingerprint density at radius 1 is 0.707 bits per heavy atom. The van der Waals surface area contributed by atoms with Crippen molar-refractivity contribution in [1.29, 1.82) is 0 Å². The number of hydroxylamine groups is 4. The highest BCUT2D eigenvalue weighted by Crippen LogP contribution is 2.39. The highest BCUT2D eigenvalue weighted by atomic mass is 16.7. The van der Waals surface area contributed by atoms with Gasteiger partial charge in [-0.05, 0) is 102 Å². The van der Waals surface area contributed by atoms with Gasteiger partial charge in [0.15, 0.2) is 0 Å². The predicted octanol–water partition coefficient (Wildman–Crippen LogP) is 4.94. The molecule has 2 aliphatic heterocycles. The van der Waals surface area contributed by atoms with Crippen molar-refractivity contribution in [2.24, 2.45) is 0 Å². The predicted molar refractivity (Wildman–Crippen MR) is 156 cm³/mol. The number of ether oxygens (including phenoxy) is 2. The molecule has 0 fully saturated rings. The first-order chi connectivity index (χ1) is 18.3. The van der Waals surface area contributed by atoms with Crippen LogP contribution in [0, 0.1) is 0 Å². The molecule has 2 aliphatic rings. The van der Waals surface area contributed by atoms with Crippen LogP contribution in [0.5, 0.6) is 0 Å². The van der Waals surface area contributed by atoms with Crippen LogP contribution < -0.4 is 0 Å². The summed E-state index contributed by atoms with van der Waals surface area (Å²) in [5.74, 6) is 0.313.